The fourth-order valence-electron chi connectivity index (χ4n) is 2.25. The molecule has 0 saturated carbocycles. The number of amides is 2. The highest BCUT2D eigenvalue weighted by molar-refractivity contribution is 5.92. The maximum Gasteiger partial charge on any atom is 0.326 e. The zero-order valence-corrected chi connectivity index (χ0v) is 10.7. The van der Waals surface area contributed by atoms with Gasteiger partial charge in [0, 0.05) is 12.7 Å². The van der Waals surface area contributed by atoms with E-state index in [-0.39, 0.29) is 6.03 Å². The van der Waals surface area contributed by atoms with E-state index in [0.29, 0.717) is 24.6 Å². The number of nitrogens with one attached hydrogen (secondary N) is 1. The first-order chi connectivity index (χ1) is 9.08. The number of aromatic nitrogens is 1. The second kappa shape index (κ2) is 5.69. The van der Waals surface area contributed by atoms with Gasteiger partial charge < -0.3 is 15.3 Å². The van der Waals surface area contributed by atoms with Gasteiger partial charge in [-0.05, 0) is 30.9 Å². The molecule has 0 aromatic carbocycles. The summed E-state index contributed by atoms with van der Waals surface area (Å²) in [5.74, 6) is -0.628. The van der Waals surface area contributed by atoms with E-state index in [1.54, 1.807) is 18.3 Å². The Morgan fingerprint density at radius 1 is 1.53 bits per heavy atom. The lowest BCUT2D eigenvalue weighted by molar-refractivity contribution is -0.143. The van der Waals surface area contributed by atoms with Crippen LogP contribution in [0.2, 0.25) is 0 Å². The Labute approximate surface area is 111 Å². The number of aliphatic carboxylic acids is 1. The summed E-state index contributed by atoms with van der Waals surface area (Å²) >= 11 is 0. The molecule has 1 aromatic rings. The summed E-state index contributed by atoms with van der Waals surface area (Å²) in [6.07, 6.45) is 4.46. The van der Waals surface area contributed by atoms with Crippen molar-refractivity contribution in [1.82, 2.24) is 9.88 Å². The number of carboxylic acids is 1. The molecule has 2 heterocycles. The van der Waals surface area contributed by atoms with E-state index in [9.17, 15) is 14.7 Å². The van der Waals surface area contributed by atoms with Crippen LogP contribution in [0.1, 0.15) is 19.8 Å². The van der Waals surface area contributed by atoms with Gasteiger partial charge in [0.25, 0.3) is 0 Å². The van der Waals surface area contributed by atoms with Gasteiger partial charge in [-0.25, -0.2) is 9.59 Å². The van der Waals surface area contributed by atoms with E-state index in [2.05, 4.69) is 10.3 Å². The van der Waals surface area contributed by atoms with Crippen molar-refractivity contribution in [3.63, 3.8) is 0 Å². The van der Waals surface area contributed by atoms with Gasteiger partial charge in [0.15, 0.2) is 0 Å². The summed E-state index contributed by atoms with van der Waals surface area (Å²) in [5, 5.41) is 11.9. The summed E-state index contributed by atoms with van der Waals surface area (Å²) in [5.41, 5.74) is 0.565. The van der Waals surface area contributed by atoms with Crippen molar-refractivity contribution in [2.45, 2.75) is 25.8 Å². The van der Waals surface area contributed by atoms with Gasteiger partial charge in [0.05, 0.1) is 11.9 Å². The van der Waals surface area contributed by atoms with Gasteiger partial charge in [0.1, 0.15) is 6.04 Å². The molecule has 1 fully saturated rings. The molecule has 0 spiro atoms. The molecule has 1 aliphatic rings. The predicted molar refractivity (Wildman–Crippen MR) is 69.8 cm³/mol. The fraction of sp³-hybridized carbons (Fsp3) is 0.462. The molecule has 6 heteroatoms. The highest BCUT2D eigenvalue weighted by atomic mass is 16.4. The van der Waals surface area contributed by atoms with Crippen LogP contribution in [0.25, 0.3) is 0 Å². The predicted octanol–water partition coefficient (Wildman–Crippen LogP) is 1.80. The van der Waals surface area contributed by atoms with E-state index < -0.39 is 12.0 Å². The number of hydrogen-bond acceptors (Lipinski definition) is 3. The van der Waals surface area contributed by atoms with Gasteiger partial charge >= 0.3 is 12.0 Å². The molecule has 0 aliphatic carbocycles. The molecule has 1 aromatic heterocycles. The minimum Gasteiger partial charge on any atom is -0.480 e. The molecule has 2 N–H and O–H groups in total. The number of carbonyl (C=O) groups excluding carboxylic acids is 1. The average molecular weight is 263 g/mol. The van der Waals surface area contributed by atoms with Crippen LogP contribution in [0, 0.1) is 5.92 Å². The van der Waals surface area contributed by atoms with Crippen LogP contribution in [-0.2, 0) is 4.79 Å². The maximum atomic E-state index is 12.1. The second-order valence-corrected chi connectivity index (χ2v) is 4.85. The van der Waals surface area contributed by atoms with E-state index in [1.807, 2.05) is 6.92 Å². The summed E-state index contributed by atoms with van der Waals surface area (Å²) in [6.45, 7) is 2.47. The standard InChI is InChI=1S/C13H17N3O3/c1-9-4-6-16(11(7-9)12(17)18)13(19)15-10-3-2-5-14-8-10/h2-3,5,8-9,11H,4,6-7H2,1H3,(H,15,19)(H,17,18). The largest absolute Gasteiger partial charge is 0.480 e. The first-order valence-corrected chi connectivity index (χ1v) is 6.28. The van der Waals surface area contributed by atoms with Crippen molar-refractivity contribution in [2.24, 2.45) is 5.92 Å². The zero-order valence-electron chi connectivity index (χ0n) is 10.7. The Kier molecular flexibility index (Phi) is 3.99. The number of carbonyl (C=O) groups is 2. The Morgan fingerprint density at radius 2 is 2.32 bits per heavy atom. The van der Waals surface area contributed by atoms with E-state index >= 15 is 0 Å². The van der Waals surface area contributed by atoms with Gasteiger partial charge in [-0.15, -0.1) is 0 Å². The molecule has 0 bridgehead atoms. The first kappa shape index (κ1) is 13.3. The van der Waals surface area contributed by atoms with Crippen LogP contribution in [0.5, 0.6) is 0 Å². The summed E-state index contributed by atoms with van der Waals surface area (Å²) in [7, 11) is 0. The van der Waals surface area contributed by atoms with E-state index in [1.165, 1.54) is 11.1 Å². The normalized spacial score (nSPS) is 22.9. The van der Waals surface area contributed by atoms with Gasteiger partial charge in [0.2, 0.25) is 0 Å². The molecule has 0 radical (unpaired) electrons. The summed E-state index contributed by atoms with van der Waals surface area (Å²) in [4.78, 5) is 28.6. The molecular weight excluding hydrogens is 246 g/mol. The van der Waals surface area contributed by atoms with Crippen molar-refractivity contribution >= 4 is 17.7 Å². The fourth-order valence-corrected chi connectivity index (χ4v) is 2.25. The summed E-state index contributed by atoms with van der Waals surface area (Å²) in [6, 6.07) is 2.29. The molecule has 19 heavy (non-hydrogen) atoms. The number of hydrogen-bond donors (Lipinski definition) is 2. The lowest BCUT2D eigenvalue weighted by Gasteiger charge is -2.35. The van der Waals surface area contributed by atoms with Crippen molar-refractivity contribution < 1.29 is 14.7 Å². The lowest BCUT2D eigenvalue weighted by atomic mass is 9.93. The summed E-state index contributed by atoms with van der Waals surface area (Å²) < 4.78 is 0. The van der Waals surface area contributed by atoms with E-state index in [4.69, 9.17) is 0 Å². The molecule has 1 saturated heterocycles. The minimum atomic E-state index is -0.951. The molecule has 2 atom stereocenters. The lowest BCUT2D eigenvalue weighted by Crippen LogP contribution is -2.51. The molecule has 1 aliphatic heterocycles. The highest BCUT2D eigenvalue weighted by Crippen LogP contribution is 2.23. The third-order valence-corrected chi connectivity index (χ3v) is 3.32. The van der Waals surface area contributed by atoms with Crippen LogP contribution in [0.15, 0.2) is 24.5 Å². The first-order valence-electron chi connectivity index (χ1n) is 6.28. The SMILES string of the molecule is CC1CCN(C(=O)Nc2cccnc2)C(C(=O)O)C1. The number of likely N-dealkylation sites (tertiary alicyclic amines) is 1. The van der Waals surface area contributed by atoms with Crippen molar-refractivity contribution in [2.75, 3.05) is 11.9 Å². The molecular formula is C13H17N3O3. The zero-order chi connectivity index (χ0) is 13.8. The quantitative estimate of drug-likeness (QED) is 0.852. The molecule has 2 amide bonds. The minimum absolute atomic E-state index is 0.323. The van der Waals surface area contributed by atoms with Crippen LogP contribution >= 0.6 is 0 Å². The van der Waals surface area contributed by atoms with Gasteiger partial charge in [-0.1, -0.05) is 6.92 Å². The second-order valence-electron chi connectivity index (χ2n) is 4.85. The average Bonchev–Trinajstić information content (AvgIpc) is 2.39. The number of pyridine rings is 1. The van der Waals surface area contributed by atoms with Gasteiger partial charge in [-0.3, -0.25) is 4.98 Å². The third kappa shape index (κ3) is 3.21. The molecule has 6 nitrogen and oxygen atoms in total. The topological polar surface area (TPSA) is 82.5 Å². The Hall–Kier alpha value is -2.11. The number of nitrogens with zero attached hydrogens (tertiary/aromatic N) is 2. The van der Waals surface area contributed by atoms with Crippen LogP contribution in [0.3, 0.4) is 0 Å². The molecule has 2 rings (SSSR count). The number of piperidine rings is 1. The van der Waals surface area contributed by atoms with Crippen molar-refractivity contribution in [1.29, 1.82) is 0 Å². The van der Waals surface area contributed by atoms with E-state index in [0.717, 1.165) is 6.42 Å². The van der Waals surface area contributed by atoms with Crippen LogP contribution in [-0.4, -0.2) is 39.6 Å². The Morgan fingerprint density at radius 3 is 2.95 bits per heavy atom. The van der Waals surface area contributed by atoms with Crippen LogP contribution < -0.4 is 5.32 Å². The van der Waals surface area contributed by atoms with Gasteiger partial charge in [-0.2, -0.15) is 0 Å². The number of anilines is 1. The molecule has 102 valence electrons. The van der Waals surface area contributed by atoms with Crippen molar-refractivity contribution in [3.05, 3.63) is 24.5 Å². The maximum absolute atomic E-state index is 12.1. The van der Waals surface area contributed by atoms with Crippen molar-refractivity contribution in [3.8, 4) is 0 Å². The number of carboxylic acid groups (broad SMARTS) is 1. The third-order valence-electron chi connectivity index (χ3n) is 3.32. The smallest absolute Gasteiger partial charge is 0.326 e. The monoisotopic (exact) mass is 263 g/mol. The number of urea groups is 1. The molecule has 2 unspecified atom stereocenters. The Balaban J connectivity index is 2.06. The number of rotatable bonds is 2. The highest BCUT2D eigenvalue weighted by Gasteiger charge is 2.34. The Bertz CT molecular complexity index is 463. The van der Waals surface area contributed by atoms with Crippen LogP contribution in [0.4, 0.5) is 10.5 Å².